The number of carbonyl (C=O) groups excluding carboxylic acids is 4. The molecule has 8 heteroatoms. The summed E-state index contributed by atoms with van der Waals surface area (Å²) in [4.78, 5) is 52.1. The van der Waals surface area contributed by atoms with Crippen LogP contribution in [-0.2, 0) is 14.4 Å². The molecule has 0 unspecified atom stereocenters. The molecule has 1 aliphatic heterocycles. The van der Waals surface area contributed by atoms with Crippen molar-refractivity contribution in [2.45, 2.75) is 52.0 Å². The maximum Gasteiger partial charge on any atom is 0.325 e. The molecule has 1 aromatic rings. The van der Waals surface area contributed by atoms with Crippen LogP contribution in [0.3, 0.4) is 0 Å². The van der Waals surface area contributed by atoms with Gasteiger partial charge in [0.15, 0.2) is 0 Å². The molecule has 0 spiro atoms. The number of hydrogen-bond donors (Lipinski definition) is 2. The van der Waals surface area contributed by atoms with Crippen molar-refractivity contribution in [1.82, 2.24) is 15.1 Å². The fraction of sp³-hybridized carbons (Fsp3) is 0.524. The number of urea groups is 1. The number of rotatable bonds is 9. The predicted molar refractivity (Wildman–Crippen MR) is 110 cm³/mol. The maximum absolute atomic E-state index is 12.9. The maximum atomic E-state index is 12.9. The fourth-order valence-electron chi connectivity index (χ4n) is 3.53. The van der Waals surface area contributed by atoms with Crippen LogP contribution in [0, 0.1) is 6.92 Å². The summed E-state index contributed by atoms with van der Waals surface area (Å²) in [7, 11) is 1.47. The second-order valence-corrected chi connectivity index (χ2v) is 7.57. The van der Waals surface area contributed by atoms with E-state index in [1.54, 1.807) is 12.1 Å². The lowest BCUT2D eigenvalue weighted by Gasteiger charge is -2.26. The summed E-state index contributed by atoms with van der Waals surface area (Å²) in [6, 6.07) is 6.76. The molecule has 2 rings (SSSR count). The van der Waals surface area contributed by atoms with E-state index in [-0.39, 0.29) is 24.9 Å². The Morgan fingerprint density at radius 2 is 1.69 bits per heavy atom. The smallest absolute Gasteiger partial charge is 0.325 e. The molecule has 0 aliphatic carbocycles. The molecule has 0 radical (unpaired) electrons. The number of nitrogens with one attached hydrogen (secondary N) is 2. The molecule has 1 heterocycles. The number of amides is 5. The van der Waals surface area contributed by atoms with Gasteiger partial charge in [0, 0.05) is 12.7 Å². The van der Waals surface area contributed by atoms with E-state index in [1.807, 2.05) is 32.9 Å². The molecule has 0 saturated carbocycles. The zero-order chi connectivity index (χ0) is 21.6. The molecule has 0 aromatic heterocycles. The van der Waals surface area contributed by atoms with Crippen molar-refractivity contribution in [3.63, 3.8) is 0 Å². The number of aryl methyl sites for hydroxylation is 1. The van der Waals surface area contributed by atoms with Crippen molar-refractivity contribution in [2.75, 3.05) is 25.5 Å². The molecule has 158 valence electrons. The SMILES string of the molecule is CCCC1(CCC)NC(=O)N(CC(=O)N(C)CC(=O)Nc2ccc(C)cc2)C1=O. The first-order valence-corrected chi connectivity index (χ1v) is 9.97. The highest BCUT2D eigenvalue weighted by Crippen LogP contribution is 2.28. The van der Waals surface area contributed by atoms with Gasteiger partial charge in [0.25, 0.3) is 5.91 Å². The fourth-order valence-corrected chi connectivity index (χ4v) is 3.53. The molecule has 1 saturated heterocycles. The van der Waals surface area contributed by atoms with Crippen LogP contribution in [0.4, 0.5) is 10.5 Å². The third kappa shape index (κ3) is 5.34. The van der Waals surface area contributed by atoms with Gasteiger partial charge < -0.3 is 15.5 Å². The summed E-state index contributed by atoms with van der Waals surface area (Å²) in [6.45, 7) is 5.29. The van der Waals surface area contributed by atoms with Crippen molar-refractivity contribution in [1.29, 1.82) is 0 Å². The van der Waals surface area contributed by atoms with Gasteiger partial charge >= 0.3 is 6.03 Å². The number of carbonyl (C=O) groups is 4. The minimum atomic E-state index is -0.928. The van der Waals surface area contributed by atoms with Crippen LogP contribution >= 0.6 is 0 Å². The minimum absolute atomic E-state index is 0.175. The molecule has 2 N–H and O–H groups in total. The van der Waals surface area contributed by atoms with E-state index in [9.17, 15) is 19.2 Å². The van der Waals surface area contributed by atoms with Crippen molar-refractivity contribution in [3.05, 3.63) is 29.8 Å². The second-order valence-electron chi connectivity index (χ2n) is 7.57. The highest BCUT2D eigenvalue weighted by Gasteiger charge is 2.50. The molecule has 1 aliphatic rings. The minimum Gasteiger partial charge on any atom is -0.335 e. The van der Waals surface area contributed by atoms with Crippen LogP contribution < -0.4 is 10.6 Å². The molecule has 8 nitrogen and oxygen atoms in total. The highest BCUT2D eigenvalue weighted by atomic mass is 16.2. The monoisotopic (exact) mass is 402 g/mol. The Bertz CT molecular complexity index is 769. The second kappa shape index (κ2) is 9.54. The Morgan fingerprint density at radius 3 is 2.24 bits per heavy atom. The average Bonchev–Trinajstić information content (AvgIpc) is 2.88. The number of likely N-dealkylation sites (N-methyl/N-ethyl adjacent to an activating group) is 1. The Kier molecular flexibility index (Phi) is 7.36. The van der Waals surface area contributed by atoms with Gasteiger partial charge in [0.05, 0.1) is 6.54 Å². The lowest BCUT2D eigenvalue weighted by Crippen LogP contribution is -2.48. The van der Waals surface area contributed by atoms with Crippen molar-refractivity contribution in [3.8, 4) is 0 Å². The van der Waals surface area contributed by atoms with Crippen LogP contribution in [0.15, 0.2) is 24.3 Å². The van der Waals surface area contributed by atoms with Crippen molar-refractivity contribution in [2.24, 2.45) is 0 Å². The summed E-state index contributed by atoms with van der Waals surface area (Å²) in [5.74, 6) is -1.19. The summed E-state index contributed by atoms with van der Waals surface area (Å²) >= 11 is 0. The van der Waals surface area contributed by atoms with Crippen LogP contribution in [0.1, 0.15) is 45.1 Å². The van der Waals surface area contributed by atoms with Crippen LogP contribution in [0.5, 0.6) is 0 Å². The lowest BCUT2D eigenvalue weighted by atomic mass is 9.88. The quantitative estimate of drug-likeness (QED) is 0.619. The van der Waals surface area contributed by atoms with Gasteiger partial charge in [-0.15, -0.1) is 0 Å². The topological polar surface area (TPSA) is 98.8 Å². The van der Waals surface area contributed by atoms with Gasteiger partial charge in [0.1, 0.15) is 12.1 Å². The van der Waals surface area contributed by atoms with Gasteiger partial charge in [-0.25, -0.2) is 4.79 Å². The number of hydrogen-bond acceptors (Lipinski definition) is 4. The standard InChI is InChI=1S/C21H30N4O4/c1-5-11-21(12-6-2)19(28)25(20(29)23-21)14-18(27)24(4)13-17(26)22-16-9-7-15(3)8-10-16/h7-10H,5-6,11-14H2,1-4H3,(H,22,26)(H,23,29). The van der Waals surface area contributed by atoms with Gasteiger partial charge in [0.2, 0.25) is 11.8 Å². The molecular formula is C21H30N4O4. The number of benzene rings is 1. The van der Waals surface area contributed by atoms with Crippen LogP contribution in [-0.4, -0.2) is 59.2 Å². The van der Waals surface area contributed by atoms with Gasteiger partial charge in [-0.1, -0.05) is 44.4 Å². The zero-order valence-electron chi connectivity index (χ0n) is 17.6. The lowest BCUT2D eigenvalue weighted by molar-refractivity contribution is -0.139. The van der Waals surface area contributed by atoms with Crippen LogP contribution in [0.25, 0.3) is 0 Å². The van der Waals surface area contributed by atoms with E-state index in [0.29, 0.717) is 18.5 Å². The molecule has 29 heavy (non-hydrogen) atoms. The number of imide groups is 1. The Balaban J connectivity index is 1.96. The van der Waals surface area contributed by atoms with E-state index >= 15 is 0 Å². The summed E-state index contributed by atoms with van der Waals surface area (Å²) in [5.41, 5.74) is 0.785. The first kappa shape index (κ1) is 22.4. The first-order valence-electron chi connectivity index (χ1n) is 9.97. The highest BCUT2D eigenvalue weighted by molar-refractivity contribution is 6.09. The van der Waals surface area contributed by atoms with E-state index < -0.39 is 17.5 Å². The Labute approximate surface area is 171 Å². The first-order chi connectivity index (χ1) is 13.7. The van der Waals surface area contributed by atoms with E-state index in [1.165, 1.54) is 11.9 Å². The third-order valence-electron chi connectivity index (χ3n) is 5.03. The Morgan fingerprint density at radius 1 is 1.10 bits per heavy atom. The molecule has 1 aromatic carbocycles. The average molecular weight is 402 g/mol. The molecule has 0 bridgehead atoms. The van der Waals surface area contributed by atoms with Gasteiger partial charge in [-0.05, 0) is 31.9 Å². The summed E-state index contributed by atoms with van der Waals surface area (Å²) in [6.07, 6.45) is 2.55. The normalized spacial score (nSPS) is 15.2. The summed E-state index contributed by atoms with van der Waals surface area (Å²) in [5, 5.41) is 5.50. The number of anilines is 1. The predicted octanol–water partition coefficient (Wildman–Crippen LogP) is 2.28. The zero-order valence-corrected chi connectivity index (χ0v) is 17.6. The van der Waals surface area contributed by atoms with E-state index in [4.69, 9.17) is 0 Å². The van der Waals surface area contributed by atoms with Crippen molar-refractivity contribution >= 4 is 29.4 Å². The van der Waals surface area contributed by atoms with Crippen LogP contribution in [0.2, 0.25) is 0 Å². The molecule has 1 fully saturated rings. The molecule has 0 atom stereocenters. The number of nitrogens with zero attached hydrogens (tertiary/aromatic N) is 2. The third-order valence-corrected chi connectivity index (χ3v) is 5.03. The van der Waals surface area contributed by atoms with Crippen molar-refractivity contribution < 1.29 is 19.2 Å². The summed E-state index contributed by atoms with van der Waals surface area (Å²) < 4.78 is 0. The molecule has 5 amide bonds. The Hall–Kier alpha value is -2.90. The molecular weight excluding hydrogens is 372 g/mol. The van der Waals surface area contributed by atoms with Gasteiger partial charge in [-0.3, -0.25) is 19.3 Å². The van der Waals surface area contributed by atoms with E-state index in [2.05, 4.69) is 10.6 Å². The van der Waals surface area contributed by atoms with Gasteiger partial charge in [-0.2, -0.15) is 0 Å². The largest absolute Gasteiger partial charge is 0.335 e. The van der Waals surface area contributed by atoms with E-state index in [0.717, 1.165) is 23.3 Å².